The first kappa shape index (κ1) is 19.7. The summed E-state index contributed by atoms with van der Waals surface area (Å²) in [6.45, 7) is 0. The van der Waals surface area contributed by atoms with E-state index in [0.717, 1.165) is 41.4 Å². The van der Waals surface area contributed by atoms with Gasteiger partial charge in [-0.2, -0.15) is 0 Å². The average molecular weight is 396 g/mol. The van der Waals surface area contributed by atoms with Gasteiger partial charge in [0.2, 0.25) is 0 Å². The van der Waals surface area contributed by atoms with Crippen LogP contribution in [0.25, 0.3) is 0 Å². The summed E-state index contributed by atoms with van der Waals surface area (Å²) >= 11 is 0. The molecule has 0 N–H and O–H groups in total. The van der Waals surface area contributed by atoms with Crippen molar-refractivity contribution >= 4 is 0 Å². The Balaban J connectivity index is 1.32. The topological polar surface area (TPSA) is 0 Å². The fourth-order valence-electron chi connectivity index (χ4n) is 10.7. The van der Waals surface area contributed by atoms with Crippen LogP contribution >= 0.6 is 0 Å². The first-order valence-corrected chi connectivity index (χ1v) is 14.2. The molecule has 6 aliphatic rings. The highest BCUT2D eigenvalue weighted by Crippen LogP contribution is 2.67. The molecule has 163 valence electrons. The summed E-state index contributed by atoms with van der Waals surface area (Å²) in [6, 6.07) is 0. The first-order valence-electron chi connectivity index (χ1n) is 14.2. The van der Waals surface area contributed by atoms with E-state index < -0.39 is 0 Å². The van der Waals surface area contributed by atoms with Crippen molar-refractivity contribution in [3.63, 3.8) is 0 Å². The van der Waals surface area contributed by atoms with Gasteiger partial charge in [-0.1, -0.05) is 64.2 Å². The fourth-order valence-corrected chi connectivity index (χ4v) is 10.7. The minimum atomic E-state index is 0.708. The largest absolute Gasteiger partial charge is 0.0533 e. The van der Waals surface area contributed by atoms with Crippen LogP contribution in [-0.4, -0.2) is 0 Å². The van der Waals surface area contributed by atoms with Crippen molar-refractivity contribution < 1.29 is 0 Å². The molecule has 8 unspecified atom stereocenters. The number of rotatable bonds is 1. The van der Waals surface area contributed by atoms with Crippen molar-refractivity contribution in [3.8, 4) is 0 Å². The maximum atomic E-state index is 2.20. The summed E-state index contributed by atoms with van der Waals surface area (Å²) in [7, 11) is 0. The van der Waals surface area contributed by atoms with E-state index in [2.05, 4.69) is 5.92 Å². The van der Waals surface area contributed by atoms with E-state index in [1.165, 1.54) is 12.8 Å². The Bertz CT molecular complexity index is 564. The second-order valence-corrected chi connectivity index (χ2v) is 12.6. The Labute approximate surface area is 181 Å². The van der Waals surface area contributed by atoms with Crippen molar-refractivity contribution in [2.24, 2.45) is 46.8 Å². The molecule has 0 amide bonds. The van der Waals surface area contributed by atoms with Crippen LogP contribution in [0.15, 0.2) is 0 Å². The van der Waals surface area contributed by atoms with Crippen molar-refractivity contribution in [1.82, 2.24) is 0 Å². The lowest BCUT2D eigenvalue weighted by Crippen LogP contribution is -2.53. The number of hydrogen-bond donors (Lipinski definition) is 0. The van der Waals surface area contributed by atoms with Crippen LogP contribution in [0.4, 0.5) is 0 Å². The van der Waals surface area contributed by atoms with E-state index in [1.54, 1.807) is 116 Å². The molecule has 0 aromatic heterocycles. The van der Waals surface area contributed by atoms with Crippen LogP contribution in [0.5, 0.6) is 0 Å². The molecule has 0 aromatic rings. The maximum Gasteiger partial charge on any atom is -0.0143 e. The second-order valence-electron chi connectivity index (χ2n) is 12.6. The standard InChI is InChI=1S/C29H47/c1-2-14-27-24-12-6-4-10-22(24)18-20-29(27,19-7-1)28-15-8-13-25-23-11-5-3-9-21(23)16-17-26(25)28/h21-26,28H,1-20H2. The van der Waals surface area contributed by atoms with Gasteiger partial charge < -0.3 is 0 Å². The molecule has 6 fully saturated rings. The van der Waals surface area contributed by atoms with Gasteiger partial charge in [-0.25, -0.2) is 0 Å². The summed E-state index contributed by atoms with van der Waals surface area (Å²) in [5.74, 6) is 9.98. The molecule has 0 heteroatoms. The van der Waals surface area contributed by atoms with E-state index in [9.17, 15) is 0 Å². The zero-order chi connectivity index (χ0) is 19.3. The molecule has 0 aliphatic heterocycles. The molecule has 0 nitrogen and oxygen atoms in total. The van der Waals surface area contributed by atoms with Crippen LogP contribution < -0.4 is 0 Å². The molecule has 6 aliphatic carbocycles. The third-order valence-corrected chi connectivity index (χ3v) is 11.7. The molecule has 0 heterocycles. The molecule has 0 spiro atoms. The Kier molecular flexibility index (Phi) is 5.54. The second kappa shape index (κ2) is 8.16. The molecule has 29 heavy (non-hydrogen) atoms. The van der Waals surface area contributed by atoms with E-state index in [-0.39, 0.29) is 0 Å². The van der Waals surface area contributed by atoms with Gasteiger partial charge in [0.25, 0.3) is 0 Å². The van der Waals surface area contributed by atoms with Crippen LogP contribution in [0, 0.1) is 52.8 Å². The molecule has 0 bridgehead atoms. The predicted octanol–water partition coefficient (Wildman–Crippen LogP) is 8.74. The number of fused-ring (bicyclic) bond motifs is 6. The highest BCUT2D eigenvalue weighted by Gasteiger charge is 2.57. The molecule has 1 radical (unpaired) electrons. The maximum absolute atomic E-state index is 2.20. The van der Waals surface area contributed by atoms with Gasteiger partial charge in [0.05, 0.1) is 0 Å². The monoisotopic (exact) mass is 395 g/mol. The van der Waals surface area contributed by atoms with E-state index in [1.807, 2.05) is 0 Å². The van der Waals surface area contributed by atoms with Gasteiger partial charge in [0, 0.05) is 0 Å². The Hall–Kier alpha value is 0. The Morgan fingerprint density at radius 3 is 2.28 bits per heavy atom. The molecule has 0 saturated heterocycles. The third kappa shape index (κ3) is 3.28. The smallest absolute Gasteiger partial charge is 0.0143 e. The van der Waals surface area contributed by atoms with Gasteiger partial charge in [-0.3, -0.25) is 0 Å². The minimum Gasteiger partial charge on any atom is -0.0533 e. The molecule has 6 saturated carbocycles. The van der Waals surface area contributed by atoms with Gasteiger partial charge in [0.15, 0.2) is 0 Å². The van der Waals surface area contributed by atoms with E-state index >= 15 is 0 Å². The van der Waals surface area contributed by atoms with Gasteiger partial charge >= 0.3 is 0 Å². The van der Waals surface area contributed by atoms with E-state index in [0.29, 0.717) is 5.41 Å². The van der Waals surface area contributed by atoms with Crippen molar-refractivity contribution in [2.45, 2.75) is 128 Å². The quantitative estimate of drug-likeness (QED) is 0.416. The third-order valence-electron chi connectivity index (χ3n) is 11.7. The van der Waals surface area contributed by atoms with Crippen LogP contribution in [-0.2, 0) is 0 Å². The zero-order valence-corrected chi connectivity index (χ0v) is 19.2. The molecule has 6 rings (SSSR count). The minimum absolute atomic E-state index is 0.708. The van der Waals surface area contributed by atoms with Crippen molar-refractivity contribution in [3.05, 3.63) is 5.92 Å². The molecular formula is C29H47. The van der Waals surface area contributed by atoms with Crippen molar-refractivity contribution in [2.75, 3.05) is 0 Å². The van der Waals surface area contributed by atoms with Gasteiger partial charge in [-0.15, -0.1) is 0 Å². The Morgan fingerprint density at radius 2 is 1.31 bits per heavy atom. The molecule has 0 aromatic carbocycles. The summed E-state index contributed by atoms with van der Waals surface area (Å²) < 4.78 is 0. The highest BCUT2D eigenvalue weighted by molar-refractivity contribution is 5.20. The van der Waals surface area contributed by atoms with E-state index in [4.69, 9.17) is 0 Å². The Morgan fingerprint density at radius 1 is 0.483 bits per heavy atom. The highest BCUT2D eigenvalue weighted by atomic mass is 14.6. The SMILES string of the molecule is C1CC[C]2C3CCCCC3CCC2(C2CCCC3C4CCCCC4CCC32)CC1. The fraction of sp³-hybridized carbons (Fsp3) is 0.966. The zero-order valence-electron chi connectivity index (χ0n) is 19.2. The lowest BCUT2D eigenvalue weighted by Gasteiger charge is -2.61. The van der Waals surface area contributed by atoms with Gasteiger partial charge in [-0.05, 0) is 117 Å². The van der Waals surface area contributed by atoms with Crippen LogP contribution in [0.3, 0.4) is 0 Å². The summed E-state index contributed by atoms with van der Waals surface area (Å²) in [5.41, 5.74) is 0.708. The lowest BCUT2D eigenvalue weighted by atomic mass is 9.43. The first-order chi connectivity index (χ1) is 14.4. The summed E-state index contributed by atoms with van der Waals surface area (Å²) in [5, 5.41) is 0. The normalized spacial score (nSPS) is 51.1. The molecular weight excluding hydrogens is 348 g/mol. The van der Waals surface area contributed by atoms with Gasteiger partial charge in [0.1, 0.15) is 0 Å². The predicted molar refractivity (Wildman–Crippen MR) is 122 cm³/mol. The molecule has 8 atom stereocenters. The average Bonchev–Trinajstić information content (AvgIpc) is 3.02. The van der Waals surface area contributed by atoms with Crippen LogP contribution in [0.1, 0.15) is 128 Å². The lowest BCUT2D eigenvalue weighted by molar-refractivity contribution is -0.0732. The van der Waals surface area contributed by atoms with Crippen molar-refractivity contribution in [1.29, 1.82) is 0 Å². The summed E-state index contributed by atoms with van der Waals surface area (Å²) in [6.07, 6.45) is 31.6. The number of hydrogen-bond acceptors (Lipinski definition) is 0. The van der Waals surface area contributed by atoms with Crippen LogP contribution in [0.2, 0.25) is 0 Å². The summed E-state index contributed by atoms with van der Waals surface area (Å²) in [4.78, 5) is 0.